The molecule has 5 heteroatoms. The molecule has 2 N–H and O–H groups in total. The van der Waals surface area contributed by atoms with E-state index in [-0.39, 0.29) is 18.0 Å². The molecule has 1 aliphatic rings. The van der Waals surface area contributed by atoms with Crippen LogP contribution in [0.2, 0.25) is 0 Å². The van der Waals surface area contributed by atoms with Gasteiger partial charge in [0.1, 0.15) is 0 Å². The lowest BCUT2D eigenvalue weighted by Gasteiger charge is -2.32. The first-order chi connectivity index (χ1) is 12.1. The Kier molecular flexibility index (Phi) is 5.33. The summed E-state index contributed by atoms with van der Waals surface area (Å²) in [6.07, 6.45) is 1.53. The number of nitrogens with one attached hydrogen (secondary N) is 2. The molecule has 0 bridgehead atoms. The fraction of sp³-hybridized carbons (Fsp3) is 0.300. The molecule has 1 heterocycles. The second-order valence-electron chi connectivity index (χ2n) is 6.35. The average Bonchev–Trinajstić information content (AvgIpc) is 2.65. The van der Waals surface area contributed by atoms with Crippen molar-refractivity contribution in [1.82, 2.24) is 10.2 Å². The van der Waals surface area contributed by atoms with Gasteiger partial charge in [-0.1, -0.05) is 36.4 Å². The number of anilines is 1. The number of carbonyl (C=O) groups excluding carboxylic acids is 2. The number of carbonyl (C=O) groups is 2. The normalized spacial score (nSPS) is 14.8. The Balaban J connectivity index is 1.49. The molecule has 3 rings (SSSR count). The summed E-state index contributed by atoms with van der Waals surface area (Å²) in [4.78, 5) is 26.4. The minimum absolute atomic E-state index is 0.0524. The summed E-state index contributed by atoms with van der Waals surface area (Å²) in [6.45, 7) is 3.25. The predicted molar refractivity (Wildman–Crippen MR) is 98.7 cm³/mol. The van der Waals surface area contributed by atoms with Gasteiger partial charge in [0.15, 0.2) is 0 Å². The van der Waals surface area contributed by atoms with Gasteiger partial charge >= 0.3 is 6.03 Å². The Bertz CT molecular complexity index is 738. The predicted octanol–water partition coefficient (Wildman–Crippen LogP) is 3.42. The van der Waals surface area contributed by atoms with E-state index in [2.05, 4.69) is 10.6 Å². The van der Waals surface area contributed by atoms with Crippen molar-refractivity contribution in [1.29, 1.82) is 0 Å². The number of para-hydroxylation sites is 1. The zero-order valence-electron chi connectivity index (χ0n) is 14.4. The number of hydrogen-bond donors (Lipinski definition) is 2. The van der Waals surface area contributed by atoms with Crippen LogP contribution in [0.25, 0.3) is 0 Å². The van der Waals surface area contributed by atoms with Crippen molar-refractivity contribution in [3.05, 3.63) is 65.7 Å². The first-order valence-corrected chi connectivity index (χ1v) is 8.61. The molecule has 0 saturated carbocycles. The highest BCUT2D eigenvalue weighted by atomic mass is 16.2. The second kappa shape index (κ2) is 7.83. The van der Waals surface area contributed by atoms with Crippen LogP contribution in [0.5, 0.6) is 0 Å². The van der Waals surface area contributed by atoms with E-state index in [4.69, 9.17) is 0 Å². The molecule has 130 valence electrons. The fourth-order valence-corrected chi connectivity index (χ4v) is 2.99. The maximum Gasteiger partial charge on any atom is 0.321 e. The number of hydrogen-bond acceptors (Lipinski definition) is 2. The van der Waals surface area contributed by atoms with Gasteiger partial charge in [-0.25, -0.2) is 4.79 Å². The van der Waals surface area contributed by atoms with Gasteiger partial charge in [0.2, 0.25) is 0 Å². The van der Waals surface area contributed by atoms with Gasteiger partial charge in [-0.05, 0) is 43.5 Å². The number of amides is 3. The van der Waals surface area contributed by atoms with Gasteiger partial charge in [-0.2, -0.15) is 0 Å². The summed E-state index contributed by atoms with van der Waals surface area (Å²) in [5.74, 6) is -0.0524. The molecule has 0 atom stereocenters. The fourth-order valence-electron chi connectivity index (χ4n) is 2.99. The summed E-state index contributed by atoms with van der Waals surface area (Å²) in [5.41, 5.74) is 2.55. The van der Waals surface area contributed by atoms with E-state index in [1.807, 2.05) is 49.4 Å². The van der Waals surface area contributed by atoms with E-state index in [1.165, 1.54) is 0 Å². The number of aryl methyl sites for hydroxylation is 1. The van der Waals surface area contributed by atoms with Crippen LogP contribution in [0.4, 0.5) is 10.5 Å². The number of likely N-dealkylation sites (tertiary alicyclic amines) is 1. The SMILES string of the molecule is Cc1ccccc1NC(=O)N1CCC(NC(=O)c2ccccc2)CC1. The highest BCUT2D eigenvalue weighted by Crippen LogP contribution is 2.16. The van der Waals surface area contributed by atoms with E-state index in [0.29, 0.717) is 18.7 Å². The Hall–Kier alpha value is -2.82. The molecule has 0 aromatic heterocycles. The van der Waals surface area contributed by atoms with Crippen molar-refractivity contribution in [2.45, 2.75) is 25.8 Å². The van der Waals surface area contributed by atoms with Crippen molar-refractivity contribution in [2.75, 3.05) is 18.4 Å². The Labute approximate surface area is 148 Å². The molecule has 1 fully saturated rings. The van der Waals surface area contributed by atoms with Crippen molar-refractivity contribution in [3.8, 4) is 0 Å². The quantitative estimate of drug-likeness (QED) is 0.901. The zero-order valence-corrected chi connectivity index (χ0v) is 14.4. The van der Waals surface area contributed by atoms with E-state index in [1.54, 1.807) is 17.0 Å². The van der Waals surface area contributed by atoms with Crippen LogP contribution in [-0.2, 0) is 0 Å². The molecule has 1 saturated heterocycles. The van der Waals surface area contributed by atoms with Crippen LogP contribution in [-0.4, -0.2) is 36.0 Å². The highest BCUT2D eigenvalue weighted by molar-refractivity contribution is 5.94. The number of nitrogens with zero attached hydrogens (tertiary/aromatic N) is 1. The monoisotopic (exact) mass is 337 g/mol. The zero-order chi connectivity index (χ0) is 17.6. The Morgan fingerprint density at radius 3 is 2.28 bits per heavy atom. The summed E-state index contributed by atoms with van der Waals surface area (Å²) in [7, 11) is 0. The lowest BCUT2D eigenvalue weighted by atomic mass is 10.0. The number of urea groups is 1. The van der Waals surface area contributed by atoms with Gasteiger partial charge < -0.3 is 15.5 Å². The standard InChI is InChI=1S/C20H23N3O2/c1-15-7-5-6-10-18(15)22-20(25)23-13-11-17(12-14-23)21-19(24)16-8-3-2-4-9-16/h2-10,17H,11-14H2,1H3,(H,21,24)(H,22,25). The molecule has 2 aromatic rings. The molecule has 25 heavy (non-hydrogen) atoms. The first-order valence-electron chi connectivity index (χ1n) is 8.61. The average molecular weight is 337 g/mol. The van der Waals surface area contributed by atoms with Crippen molar-refractivity contribution >= 4 is 17.6 Å². The summed E-state index contributed by atoms with van der Waals surface area (Å²) >= 11 is 0. The van der Waals surface area contributed by atoms with Gasteiger partial charge in [0.05, 0.1) is 0 Å². The van der Waals surface area contributed by atoms with Crippen LogP contribution in [0, 0.1) is 6.92 Å². The van der Waals surface area contributed by atoms with Crippen molar-refractivity contribution in [2.24, 2.45) is 0 Å². The smallest absolute Gasteiger partial charge is 0.321 e. The minimum Gasteiger partial charge on any atom is -0.349 e. The summed E-state index contributed by atoms with van der Waals surface area (Å²) in [6, 6.07) is 17.0. The van der Waals surface area contributed by atoms with Crippen LogP contribution in [0.15, 0.2) is 54.6 Å². The third-order valence-corrected chi connectivity index (χ3v) is 4.54. The number of benzene rings is 2. The van der Waals surface area contributed by atoms with Crippen molar-refractivity contribution < 1.29 is 9.59 Å². The maximum absolute atomic E-state index is 12.4. The molecule has 0 unspecified atom stereocenters. The molecule has 2 aromatic carbocycles. The number of piperidine rings is 1. The number of rotatable bonds is 3. The Morgan fingerprint density at radius 2 is 1.60 bits per heavy atom. The second-order valence-corrected chi connectivity index (χ2v) is 6.35. The lowest BCUT2D eigenvalue weighted by Crippen LogP contribution is -2.47. The van der Waals surface area contributed by atoms with E-state index in [9.17, 15) is 9.59 Å². The molecule has 5 nitrogen and oxygen atoms in total. The van der Waals surface area contributed by atoms with Crippen molar-refractivity contribution in [3.63, 3.8) is 0 Å². The largest absolute Gasteiger partial charge is 0.349 e. The maximum atomic E-state index is 12.4. The molecule has 0 radical (unpaired) electrons. The molecule has 0 aliphatic carbocycles. The minimum atomic E-state index is -0.0814. The molecular weight excluding hydrogens is 314 g/mol. The lowest BCUT2D eigenvalue weighted by molar-refractivity contribution is 0.0919. The van der Waals surface area contributed by atoms with Crippen LogP contribution < -0.4 is 10.6 Å². The van der Waals surface area contributed by atoms with Crippen LogP contribution in [0.1, 0.15) is 28.8 Å². The Morgan fingerprint density at radius 1 is 0.960 bits per heavy atom. The van der Waals surface area contributed by atoms with Gasteiger partial charge in [0.25, 0.3) is 5.91 Å². The van der Waals surface area contributed by atoms with Gasteiger partial charge in [-0.15, -0.1) is 0 Å². The first kappa shape index (κ1) is 17.0. The highest BCUT2D eigenvalue weighted by Gasteiger charge is 2.24. The summed E-state index contributed by atoms with van der Waals surface area (Å²) < 4.78 is 0. The van der Waals surface area contributed by atoms with E-state index < -0.39 is 0 Å². The van der Waals surface area contributed by atoms with E-state index in [0.717, 1.165) is 24.1 Å². The molecule has 3 amide bonds. The van der Waals surface area contributed by atoms with Crippen LogP contribution >= 0.6 is 0 Å². The summed E-state index contributed by atoms with van der Waals surface area (Å²) in [5, 5.41) is 6.02. The molecular formula is C20H23N3O2. The van der Waals surface area contributed by atoms with Gasteiger partial charge in [0, 0.05) is 30.4 Å². The molecule has 1 aliphatic heterocycles. The van der Waals surface area contributed by atoms with Gasteiger partial charge in [-0.3, -0.25) is 4.79 Å². The third-order valence-electron chi connectivity index (χ3n) is 4.54. The topological polar surface area (TPSA) is 61.4 Å². The van der Waals surface area contributed by atoms with Crippen LogP contribution in [0.3, 0.4) is 0 Å². The third kappa shape index (κ3) is 4.38. The molecule has 0 spiro atoms. The van der Waals surface area contributed by atoms with E-state index >= 15 is 0 Å².